The van der Waals surface area contributed by atoms with Crippen LogP contribution in [0.3, 0.4) is 0 Å². The maximum atomic E-state index is 11.8. The Balaban J connectivity index is 4.66. The van der Waals surface area contributed by atoms with E-state index in [4.69, 9.17) is 18.9 Å². The molecule has 0 N–H and O–H groups in total. The molecule has 30 heavy (non-hydrogen) atoms. The Kier molecular flexibility index (Phi) is 17.5. The molecular formula is C20H34O8S2. The molecule has 0 fully saturated rings. The minimum atomic E-state index is -0.352. The Hall–Kier alpha value is -1.42. The van der Waals surface area contributed by atoms with Crippen molar-refractivity contribution in [2.75, 3.05) is 37.9 Å². The highest BCUT2D eigenvalue weighted by Crippen LogP contribution is 2.25. The van der Waals surface area contributed by atoms with Gasteiger partial charge in [0.15, 0.2) is 0 Å². The molecule has 8 nitrogen and oxygen atoms in total. The quantitative estimate of drug-likeness (QED) is 0.180. The molecule has 0 aromatic rings. The van der Waals surface area contributed by atoms with E-state index in [-0.39, 0.29) is 86.5 Å². The van der Waals surface area contributed by atoms with E-state index in [9.17, 15) is 19.2 Å². The summed E-state index contributed by atoms with van der Waals surface area (Å²) in [5.74, 6) is -0.139. The van der Waals surface area contributed by atoms with Crippen LogP contribution in [0.25, 0.3) is 0 Å². The normalized spacial score (nSPS) is 10.7. The van der Waals surface area contributed by atoms with Crippen LogP contribution in [0.2, 0.25) is 0 Å². The summed E-state index contributed by atoms with van der Waals surface area (Å²) in [5.41, 5.74) is 0. The highest BCUT2D eigenvalue weighted by Gasteiger charge is 2.22. The SMILES string of the molecule is CCOC(=O)CC(CC(=O)OCC)SCCSC(CC(=O)OCC)CC(=O)OCC. The fourth-order valence-corrected chi connectivity index (χ4v) is 4.89. The smallest absolute Gasteiger partial charge is 0.306 e. The van der Waals surface area contributed by atoms with Crippen LogP contribution in [0.4, 0.5) is 0 Å². The topological polar surface area (TPSA) is 105 Å². The number of esters is 4. The van der Waals surface area contributed by atoms with Gasteiger partial charge in [0.25, 0.3) is 0 Å². The van der Waals surface area contributed by atoms with Crippen LogP contribution in [0, 0.1) is 0 Å². The first-order valence-electron chi connectivity index (χ1n) is 10.2. The van der Waals surface area contributed by atoms with Gasteiger partial charge in [-0.25, -0.2) is 0 Å². The Bertz CT molecular complexity index is 441. The molecule has 0 unspecified atom stereocenters. The van der Waals surface area contributed by atoms with Gasteiger partial charge in [0.05, 0.1) is 52.1 Å². The first-order valence-corrected chi connectivity index (χ1v) is 12.3. The fourth-order valence-electron chi connectivity index (χ4n) is 2.43. The van der Waals surface area contributed by atoms with Crippen molar-refractivity contribution in [3.63, 3.8) is 0 Å². The molecule has 0 rings (SSSR count). The second-order valence-electron chi connectivity index (χ2n) is 6.02. The minimum Gasteiger partial charge on any atom is -0.466 e. The molecule has 0 aromatic carbocycles. The van der Waals surface area contributed by atoms with Gasteiger partial charge in [0, 0.05) is 22.0 Å². The van der Waals surface area contributed by atoms with E-state index in [0.29, 0.717) is 11.5 Å². The third kappa shape index (κ3) is 15.4. The number of hydrogen-bond donors (Lipinski definition) is 0. The molecule has 0 bridgehead atoms. The number of ether oxygens (including phenoxy) is 4. The number of hydrogen-bond acceptors (Lipinski definition) is 10. The van der Waals surface area contributed by atoms with E-state index in [1.807, 2.05) is 0 Å². The van der Waals surface area contributed by atoms with Crippen molar-refractivity contribution in [1.82, 2.24) is 0 Å². The largest absolute Gasteiger partial charge is 0.466 e. The molecule has 0 amide bonds. The lowest BCUT2D eigenvalue weighted by Crippen LogP contribution is -2.20. The Morgan fingerprint density at radius 3 is 0.967 bits per heavy atom. The number of carbonyl (C=O) groups excluding carboxylic acids is 4. The molecule has 0 saturated carbocycles. The Morgan fingerprint density at radius 1 is 0.533 bits per heavy atom. The summed E-state index contributed by atoms with van der Waals surface area (Å²) >= 11 is 2.95. The van der Waals surface area contributed by atoms with E-state index in [2.05, 4.69) is 0 Å². The van der Waals surface area contributed by atoms with Crippen molar-refractivity contribution in [2.45, 2.75) is 63.9 Å². The second-order valence-corrected chi connectivity index (χ2v) is 8.84. The summed E-state index contributed by atoms with van der Waals surface area (Å²) in [6.07, 6.45) is 0.488. The zero-order valence-electron chi connectivity index (χ0n) is 18.3. The molecule has 0 spiro atoms. The summed E-state index contributed by atoms with van der Waals surface area (Å²) in [7, 11) is 0. The first kappa shape index (κ1) is 28.6. The van der Waals surface area contributed by atoms with E-state index >= 15 is 0 Å². The van der Waals surface area contributed by atoms with Crippen LogP contribution in [-0.2, 0) is 38.1 Å². The lowest BCUT2D eigenvalue weighted by atomic mass is 10.2. The van der Waals surface area contributed by atoms with E-state index in [0.717, 1.165) is 0 Å². The van der Waals surface area contributed by atoms with Crippen molar-refractivity contribution in [2.24, 2.45) is 0 Å². The minimum absolute atomic E-state index is 0.122. The van der Waals surface area contributed by atoms with Crippen molar-refractivity contribution in [1.29, 1.82) is 0 Å². The van der Waals surface area contributed by atoms with Gasteiger partial charge in [-0.1, -0.05) is 0 Å². The molecule has 0 aliphatic carbocycles. The molecule has 0 aliphatic heterocycles. The molecular weight excluding hydrogens is 432 g/mol. The highest BCUT2D eigenvalue weighted by atomic mass is 32.2. The third-order valence-corrected chi connectivity index (χ3v) is 6.34. The summed E-state index contributed by atoms with van der Waals surface area (Å²) in [6, 6.07) is 0. The number of carbonyl (C=O) groups is 4. The van der Waals surface area contributed by atoms with Crippen molar-refractivity contribution >= 4 is 47.4 Å². The highest BCUT2D eigenvalue weighted by molar-refractivity contribution is 8.03. The lowest BCUT2D eigenvalue weighted by molar-refractivity contribution is -0.146. The summed E-state index contributed by atoms with van der Waals surface area (Å²) in [5, 5.41) is -0.505. The summed E-state index contributed by atoms with van der Waals surface area (Å²) < 4.78 is 19.9. The van der Waals surface area contributed by atoms with E-state index in [1.54, 1.807) is 27.7 Å². The number of rotatable bonds is 17. The van der Waals surface area contributed by atoms with Crippen LogP contribution in [0.15, 0.2) is 0 Å². The second kappa shape index (κ2) is 18.4. The van der Waals surface area contributed by atoms with Crippen LogP contribution in [-0.4, -0.2) is 72.3 Å². The molecule has 0 radical (unpaired) electrons. The predicted molar refractivity (Wildman–Crippen MR) is 117 cm³/mol. The van der Waals surface area contributed by atoms with Crippen molar-refractivity contribution < 1.29 is 38.1 Å². The van der Waals surface area contributed by atoms with Gasteiger partial charge in [-0.3, -0.25) is 19.2 Å². The van der Waals surface area contributed by atoms with Crippen molar-refractivity contribution in [3.05, 3.63) is 0 Å². The summed E-state index contributed by atoms with van der Waals surface area (Å²) in [4.78, 5) is 47.2. The maximum absolute atomic E-state index is 11.8. The van der Waals surface area contributed by atoms with Crippen LogP contribution in [0.1, 0.15) is 53.4 Å². The number of thioether (sulfide) groups is 2. The Morgan fingerprint density at radius 2 is 0.767 bits per heavy atom. The maximum Gasteiger partial charge on any atom is 0.306 e. The first-order chi connectivity index (χ1) is 14.4. The molecule has 0 heterocycles. The van der Waals surface area contributed by atoms with Crippen LogP contribution < -0.4 is 0 Å². The zero-order chi connectivity index (χ0) is 22.8. The molecule has 0 aromatic heterocycles. The lowest BCUT2D eigenvalue weighted by Gasteiger charge is -2.17. The van der Waals surface area contributed by atoms with Crippen molar-refractivity contribution in [3.8, 4) is 0 Å². The third-order valence-electron chi connectivity index (χ3n) is 3.59. The molecule has 10 heteroatoms. The van der Waals surface area contributed by atoms with Gasteiger partial charge in [0.1, 0.15) is 0 Å². The van der Waals surface area contributed by atoms with Gasteiger partial charge in [-0.15, -0.1) is 0 Å². The molecule has 174 valence electrons. The molecule has 0 saturated heterocycles. The fraction of sp³-hybridized carbons (Fsp3) is 0.800. The zero-order valence-corrected chi connectivity index (χ0v) is 19.9. The van der Waals surface area contributed by atoms with Crippen LogP contribution >= 0.6 is 23.5 Å². The van der Waals surface area contributed by atoms with Crippen LogP contribution in [0.5, 0.6) is 0 Å². The monoisotopic (exact) mass is 466 g/mol. The average molecular weight is 467 g/mol. The standard InChI is InChI=1S/C20H34O8S2/c1-5-25-17(21)11-15(12-18(22)26-6-2)29-9-10-30-16(13-19(23)27-7-3)14-20(24)28-8-4/h15-16H,5-14H2,1-4H3. The van der Waals surface area contributed by atoms with Gasteiger partial charge in [0.2, 0.25) is 0 Å². The van der Waals surface area contributed by atoms with E-state index in [1.165, 1.54) is 23.5 Å². The van der Waals surface area contributed by atoms with Gasteiger partial charge in [-0.2, -0.15) is 23.5 Å². The van der Waals surface area contributed by atoms with E-state index < -0.39 is 0 Å². The summed E-state index contributed by atoms with van der Waals surface area (Å²) in [6.45, 7) is 8.07. The Labute approximate surface area is 187 Å². The van der Waals surface area contributed by atoms with Gasteiger partial charge < -0.3 is 18.9 Å². The van der Waals surface area contributed by atoms with Gasteiger partial charge in [-0.05, 0) is 27.7 Å². The predicted octanol–water partition coefficient (Wildman–Crippen LogP) is 3.00. The average Bonchev–Trinajstić information content (AvgIpc) is 2.65. The van der Waals surface area contributed by atoms with Gasteiger partial charge >= 0.3 is 23.9 Å². The molecule has 0 aliphatic rings. The molecule has 0 atom stereocenters.